The molecule has 0 saturated heterocycles. The summed E-state index contributed by atoms with van der Waals surface area (Å²) in [4.78, 5) is 4.67. The molecule has 21 heavy (non-hydrogen) atoms. The van der Waals surface area contributed by atoms with Crippen LogP contribution in [0.25, 0.3) is 11.3 Å². The van der Waals surface area contributed by atoms with Gasteiger partial charge >= 0.3 is 0 Å². The monoisotopic (exact) mass is 281 g/mol. The molecular weight excluding hydrogens is 254 g/mol. The van der Waals surface area contributed by atoms with E-state index in [1.54, 1.807) is 0 Å². The first-order valence-corrected chi connectivity index (χ1v) is 7.67. The quantitative estimate of drug-likeness (QED) is 0.658. The summed E-state index contributed by atoms with van der Waals surface area (Å²) in [6.07, 6.45) is 2.01. The molecule has 0 amide bonds. The first kappa shape index (κ1) is 15.8. The van der Waals surface area contributed by atoms with Gasteiger partial charge in [0, 0.05) is 11.8 Å². The van der Waals surface area contributed by atoms with Crippen LogP contribution in [-0.4, -0.2) is 4.98 Å². The SMILES string of the molecule is Cc1cc(C(C)(C)C)ccc1-c1ccc(C(C)(C)C)cn1. The molecule has 2 aromatic rings. The minimum absolute atomic E-state index is 0.149. The summed E-state index contributed by atoms with van der Waals surface area (Å²) >= 11 is 0. The van der Waals surface area contributed by atoms with Crippen molar-refractivity contribution in [1.29, 1.82) is 0 Å². The van der Waals surface area contributed by atoms with Crippen molar-refractivity contribution in [2.45, 2.75) is 59.3 Å². The van der Waals surface area contributed by atoms with Gasteiger partial charge in [0.15, 0.2) is 0 Å². The first-order valence-electron chi connectivity index (χ1n) is 7.67. The van der Waals surface area contributed by atoms with E-state index in [-0.39, 0.29) is 10.8 Å². The molecule has 2 rings (SSSR count). The van der Waals surface area contributed by atoms with E-state index in [0.717, 1.165) is 5.69 Å². The lowest BCUT2D eigenvalue weighted by Gasteiger charge is -2.21. The van der Waals surface area contributed by atoms with Gasteiger partial charge in [0.25, 0.3) is 0 Å². The number of aryl methyl sites for hydroxylation is 1. The Morgan fingerprint density at radius 1 is 0.762 bits per heavy atom. The topological polar surface area (TPSA) is 12.9 Å². The fraction of sp³-hybridized carbons (Fsp3) is 0.450. The Hall–Kier alpha value is -1.63. The summed E-state index contributed by atoms with van der Waals surface area (Å²) < 4.78 is 0. The van der Waals surface area contributed by atoms with Gasteiger partial charge in [0.05, 0.1) is 5.69 Å². The molecule has 1 aromatic heterocycles. The lowest BCUT2D eigenvalue weighted by molar-refractivity contribution is 0.587. The summed E-state index contributed by atoms with van der Waals surface area (Å²) in [7, 11) is 0. The Bertz CT molecular complexity index is 622. The predicted octanol–water partition coefficient (Wildman–Crippen LogP) is 5.65. The maximum Gasteiger partial charge on any atom is 0.0704 e. The first-order chi connectivity index (χ1) is 9.59. The molecule has 0 fully saturated rings. The van der Waals surface area contributed by atoms with Gasteiger partial charge in [-0.25, -0.2) is 0 Å². The second-order valence-electron chi connectivity index (χ2n) is 7.96. The van der Waals surface area contributed by atoms with Crippen LogP contribution < -0.4 is 0 Å². The molecule has 0 saturated carbocycles. The molecule has 1 nitrogen and oxygen atoms in total. The largest absolute Gasteiger partial charge is 0.256 e. The zero-order chi connectivity index (χ0) is 15.8. The summed E-state index contributed by atoms with van der Waals surface area (Å²) in [5.41, 5.74) is 6.55. The smallest absolute Gasteiger partial charge is 0.0704 e. The molecule has 0 radical (unpaired) electrons. The Kier molecular flexibility index (Phi) is 3.97. The molecule has 0 aliphatic carbocycles. The molecule has 1 heteroatoms. The molecule has 1 heterocycles. The highest BCUT2D eigenvalue weighted by Gasteiger charge is 2.16. The van der Waals surface area contributed by atoms with Crippen LogP contribution in [0.3, 0.4) is 0 Å². The van der Waals surface area contributed by atoms with Crippen molar-refractivity contribution < 1.29 is 0 Å². The number of pyridine rings is 1. The third-order valence-corrected chi connectivity index (χ3v) is 4.00. The maximum absolute atomic E-state index is 4.67. The number of nitrogens with zero attached hydrogens (tertiary/aromatic N) is 1. The van der Waals surface area contributed by atoms with Crippen molar-refractivity contribution >= 4 is 0 Å². The number of rotatable bonds is 1. The Labute approximate surface area is 129 Å². The average Bonchev–Trinajstić information content (AvgIpc) is 2.36. The fourth-order valence-corrected chi connectivity index (χ4v) is 2.41. The van der Waals surface area contributed by atoms with E-state index in [4.69, 9.17) is 0 Å². The van der Waals surface area contributed by atoms with Crippen molar-refractivity contribution in [2.24, 2.45) is 0 Å². The van der Waals surface area contributed by atoms with Gasteiger partial charge in [0.2, 0.25) is 0 Å². The molecule has 0 N–H and O–H groups in total. The van der Waals surface area contributed by atoms with Crippen LogP contribution in [0.1, 0.15) is 58.2 Å². The van der Waals surface area contributed by atoms with Gasteiger partial charge in [-0.1, -0.05) is 65.8 Å². The highest BCUT2D eigenvalue weighted by Crippen LogP contribution is 2.29. The highest BCUT2D eigenvalue weighted by molar-refractivity contribution is 5.64. The normalized spacial score (nSPS) is 12.5. The van der Waals surface area contributed by atoms with Crippen LogP contribution in [-0.2, 0) is 10.8 Å². The molecule has 0 aliphatic heterocycles. The lowest BCUT2D eigenvalue weighted by atomic mass is 9.85. The highest BCUT2D eigenvalue weighted by atomic mass is 14.7. The molecule has 0 bridgehead atoms. The lowest BCUT2D eigenvalue weighted by Crippen LogP contribution is -2.12. The zero-order valence-corrected chi connectivity index (χ0v) is 14.4. The molecule has 1 aromatic carbocycles. The zero-order valence-electron chi connectivity index (χ0n) is 14.4. The second-order valence-corrected chi connectivity index (χ2v) is 7.96. The van der Waals surface area contributed by atoms with Crippen LogP contribution >= 0.6 is 0 Å². The van der Waals surface area contributed by atoms with Crippen molar-refractivity contribution in [3.63, 3.8) is 0 Å². The Balaban J connectivity index is 2.39. The van der Waals surface area contributed by atoms with E-state index in [2.05, 4.69) is 83.8 Å². The molecule has 112 valence electrons. The molecule has 0 aliphatic rings. The van der Waals surface area contributed by atoms with Crippen LogP contribution in [0.2, 0.25) is 0 Å². The van der Waals surface area contributed by atoms with E-state index in [9.17, 15) is 0 Å². The number of hydrogen-bond donors (Lipinski definition) is 0. The predicted molar refractivity (Wildman–Crippen MR) is 91.8 cm³/mol. The van der Waals surface area contributed by atoms with Crippen LogP contribution in [0, 0.1) is 6.92 Å². The van der Waals surface area contributed by atoms with Gasteiger partial charge in [-0.05, 0) is 40.5 Å². The summed E-state index contributed by atoms with van der Waals surface area (Å²) in [6.45, 7) is 15.6. The van der Waals surface area contributed by atoms with Crippen LogP contribution in [0.4, 0.5) is 0 Å². The molecule has 0 atom stereocenters. The van der Waals surface area contributed by atoms with Crippen LogP contribution in [0.5, 0.6) is 0 Å². The standard InChI is InChI=1S/C20H27N/c1-14-12-15(19(2,3)4)8-10-17(14)18-11-9-16(13-21-18)20(5,6)7/h8-13H,1-7H3. The minimum Gasteiger partial charge on any atom is -0.256 e. The van der Waals surface area contributed by atoms with Gasteiger partial charge in [-0.2, -0.15) is 0 Å². The maximum atomic E-state index is 4.67. The molecule has 0 unspecified atom stereocenters. The van der Waals surface area contributed by atoms with Crippen molar-refractivity contribution in [3.8, 4) is 11.3 Å². The third kappa shape index (κ3) is 3.53. The van der Waals surface area contributed by atoms with Gasteiger partial charge in [0.1, 0.15) is 0 Å². The van der Waals surface area contributed by atoms with Crippen molar-refractivity contribution in [2.75, 3.05) is 0 Å². The summed E-state index contributed by atoms with van der Waals surface area (Å²) in [6, 6.07) is 11.0. The Morgan fingerprint density at radius 3 is 1.76 bits per heavy atom. The van der Waals surface area contributed by atoms with E-state index >= 15 is 0 Å². The number of aromatic nitrogens is 1. The number of benzene rings is 1. The van der Waals surface area contributed by atoms with Gasteiger partial charge < -0.3 is 0 Å². The molecular formula is C20H27N. The van der Waals surface area contributed by atoms with E-state index in [1.165, 1.54) is 22.3 Å². The van der Waals surface area contributed by atoms with Gasteiger partial charge in [-0.15, -0.1) is 0 Å². The fourth-order valence-electron chi connectivity index (χ4n) is 2.41. The Morgan fingerprint density at radius 2 is 1.33 bits per heavy atom. The number of hydrogen-bond acceptors (Lipinski definition) is 1. The van der Waals surface area contributed by atoms with Gasteiger partial charge in [-0.3, -0.25) is 4.98 Å². The summed E-state index contributed by atoms with van der Waals surface area (Å²) in [5.74, 6) is 0. The van der Waals surface area contributed by atoms with Crippen molar-refractivity contribution in [1.82, 2.24) is 4.98 Å². The second kappa shape index (κ2) is 5.29. The third-order valence-electron chi connectivity index (χ3n) is 4.00. The van der Waals surface area contributed by atoms with Crippen molar-refractivity contribution in [3.05, 3.63) is 53.2 Å². The summed E-state index contributed by atoms with van der Waals surface area (Å²) in [5, 5.41) is 0. The molecule has 0 spiro atoms. The van der Waals surface area contributed by atoms with E-state index < -0.39 is 0 Å². The average molecular weight is 281 g/mol. The minimum atomic E-state index is 0.149. The van der Waals surface area contributed by atoms with Crippen LogP contribution in [0.15, 0.2) is 36.5 Å². The van der Waals surface area contributed by atoms with E-state index in [0.29, 0.717) is 0 Å². The van der Waals surface area contributed by atoms with E-state index in [1.807, 2.05) is 6.20 Å².